The molecule has 0 saturated carbocycles. The number of carbonyl (C=O) groups excluding carboxylic acids is 6. The third-order valence-electron chi connectivity index (χ3n) is 11.5. The molecule has 0 N–H and O–H groups in total. The number of hydrogen-bond acceptors (Lipinski definition) is 16. The van der Waals surface area contributed by atoms with Gasteiger partial charge in [0.05, 0.1) is 61.9 Å². The van der Waals surface area contributed by atoms with E-state index >= 15 is 0 Å². The molecule has 396 valence electrons. The summed E-state index contributed by atoms with van der Waals surface area (Å²) < 4.78 is 54.8. The van der Waals surface area contributed by atoms with E-state index in [0.717, 1.165) is 103 Å². The summed E-state index contributed by atoms with van der Waals surface area (Å²) in [4.78, 5) is 74.0. The van der Waals surface area contributed by atoms with E-state index < -0.39 is 36.5 Å². The number of ether oxygens (including phenoxy) is 10. The molecular formula is C58H68O16. The van der Waals surface area contributed by atoms with Gasteiger partial charge in [0.1, 0.15) is 23.0 Å². The second-order valence-corrected chi connectivity index (χ2v) is 17.3. The van der Waals surface area contributed by atoms with Gasteiger partial charge in [-0.2, -0.15) is 0 Å². The maximum absolute atomic E-state index is 13.1. The van der Waals surface area contributed by atoms with Gasteiger partial charge in [-0.15, -0.1) is 0 Å². The maximum atomic E-state index is 13.1. The molecule has 16 heteroatoms. The van der Waals surface area contributed by atoms with Gasteiger partial charge in [-0.05, 0) is 123 Å². The Bertz CT molecular complexity index is 2190. The molecule has 0 amide bonds. The molecule has 4 aromatic rings. The monoisotopic (exact) mass is 1020 g/mol. The van der Waals surface area contributed by atoms with Crippen LogP contribution < -0.4 is 18.9 Å². The molecule has 0 aliphatic carbocycles. The van der Waals surface area contributed by atoms with E-state index in [2.05, 4.69) is 13.2 Å². The zero-order valence-corrected chi connectivity index (χ0v) is 42.0. The molecule has 4 aromatic carbocycles. The molecule has 74 heavy (non-hydrogen) atoms. The molecule has 0 unspecified atom stereocenters. The van der Waals surface area contributed by atoms with Gasteiger partial charge in [-0.3, -0.25) is 0 Å². The predicted octanol–water partition coefficient (Wildman–Crippen LogP) is 11.3. The second kappa shape index (κ2) is 33.4. The van der Waals surface area contributed by atoms with Crippen LogP contribution in [-0.4, -0.2) is 88.0 Å². The molecule has 0 spiro atoms. The normalized spacial score (nSPS) is 13.9. The van der Waals surface area contributed by atoms with E-state index in [1.807, 2.05) is 0 Å². The van der Waals surface area contributed by atoms with Crippen molar-refractivity contribution in [1.82, 2.24) is 0 Å². The highest BCUT2D eigenvalue weighted by molar-refractivity contribution is 5.93. The first kappa shape index (κ1) is 57.6. The highest BCUT2D eigenvalue weighted by atomic mass is 16.8. The van der Waals surface area contributed by atoms with Crippen LogP contribution in [0.2, 0.25) is 0 Å². The van der Waals surface area contributed by atoms with Crippen molar-refractivity contribution in [3.8, 4) is 23.0 Å². The Morgan fingerprint density at radius 2 is 0.649 bits per heavy atom. The Labute approximate surface area is 433 Å². The quantitative estimate of drug-likeness (QED) is 0.0141. The summed E-state index contributed by atoms with van der Waals surface area (Å²) in [6.07, 6.45) is 16.4. The maximum Gasteiger partial charge on any atom is 0.343 e. The number of hydrogen-bond donors (Lipinski definition) is 0. The summed E-state index contributed by atoms with van der Waals surface area (Å²) >= 11 is 0. The van der Waals surface area contributed by atoms with E-state index in [-0.39, 0.29) is 47.8 Å². The fourth-order valence-electron chi connectivity index (χ4n) is 7.41. The molecule has 2 atom stereocenters. The largest absolute Gasteiger partial charge is 0.494 e. The summed E-state index contributed by atoms with van der Waals surface area (Å²) in [5.41, 5.74) is 0.870. The lowest BCUT2D eigenvalue weighted by molar-refractivity contribution is -0.288. The Morgan fingerprint density at radius 1 is 0.378 bits per heavy atom. The van der Waals surface area contributed by atoms with Crippen LogP contribution in [0, 0.1) is 0 Å². The first-order chi connectivity index (χ1) is 36.1. The molecule has 1 saturated heterocycles. The molecule has 5 rings (SSSR count). The zero-order valence-electron chi connectivity index (χ0n) is 42.0. The molecule has 1 heterocycles. The lowest BCUT2D eigenvalue weighted by Crippen LogP contribution is -2.44. The first-order valence-electron chi connectivity index (χ1n) is 25.5. The SMILES string of the molecule is C=CC(=O)OCCCCCCCCCCOc1ccc(C(=O)Oc2ccc(C(=O)O[C@@H]3OCCO[C@H]3OC(=O)c3ccc(OC(=O)c4ccc(OCCCCCCCCCCOC(=O)C=C)cc4)cc3)cc2)cc1. The Balaban J connectivity index is 0.944. The average Bonchev–Trinajstić information content (AvgIpc) is 3.42. The van der Waals surface area contributed by atoms with E-state index in [4.69, 9.17) is 47.4 Å². The fourth-order valence-corrected chi connectivity index (χ4v) is 7.41. The Kier molecular flexibility index (Phi) is 26.0. The van der Waals surface area contributed by atoms with Crippen molar-refractivity contribution < 1.29 is 76.1 Å². The van der Waals surface area contributed by atoms with Gasteiger partial charge in [0.15, 0.2) is 0 Å². The summed E-state index contributed by atoms with van der Waals surface area (Å²) in [5, 5.41) is 0. The lowest BCUT2D eigenvalue weighted by atomic mass is 10.1. The van der Waals surface area contributed by atoms with Crippen LogP contribution >= 0.6 is 0 Å². The number of carbonyl (C=O) groups is 6. The second-order valence-electron chi connectivity index (χ2n) is 17.3. The minimum atomic E-state index is -1.38. The van der Waals surface area contributed by atoms with Crippen LogP contribution in [0.5, 0.6) is 23.0 Å². The van der Waals surface area contributed by atoms with E-state index in [9.17, 15) is 28.8 Å². The van der Waals surface area contributed by atoms with Crippen LogP contribution in [-0.2, 0) is 38.0 Å². The number of esters is 6. The highest BCUT2D eigenvalue weighted by Crippen LogP contribution is 2.23. The number of unbranched alkanes of at least 4 members (excludes halogenated alkanes) is 14. The van der Waals surface area contributed by atoms with Crippen LogP contribution in [0.4, 0.5) is 0 Å². The van der Waals surface area contributed by atoms with Crippen molar-refractivity contribution in [1.29, 1.82) is 0 Å². The van der Waals surface area contributed by atoms with Crippen molar-refractivity contribution in [2.45, 2.75) is 115 Å². The molecule has 0 radical (unpaired) electrons. The lowest BCUT2D eigenvalue weighted by Gasteiger charge is -2.30. The molecule has 0 aromatic heterocycles. The van der Waals surface area contributed by atoms with Gasteiger partial charge in [0, 0.05) is 12.2 Å². The number of benzene rings is 4. The smallest absolute Gasteiger partial charge is 0.343 e. The van der Waals surface area contributed by atoms with Crippen molar-refractivity contribution in [3.63, 3.8) is 0 Å². The van der Waals surface area contributed by atoms with Gasteiger partial charge in [-0.25, -0.2) is 28.8 Å². The van der Waals surface area contributed by atoms with Crippen LogP contribution in [0.25, 0.3) is 0 Å². The van der Waals surface area contributed by atoms with Crippen molar-refractivity contribution in [2.75, 3.05) is 39.6 Å². The summed E-state index contributed by atoms with van der Waals surface area (Å²) in [6.45, 7) is 8.93. The average molecular weight is 1020 g/mol. The van der Waals surface area contributed by atoms with Crippen LogP contribution in [0.1, 0.15) is 144 Å². The van der Waals surface area contributed by atoms with Crippen LogP contribution in [0.3, 0.4) is 0 Å². The van der Waals surface area contributed by atoms with Gasteiger partial charge >= 0.3 is 35.8 Å². The summed E-state index contributed by atoms with van der Waals surface area (Å²) in [5.74, 6) is -1.84. The Morgan fingerprint density at radius 3 is 0.959 bits per heavy atom. The molecule has 1 aliphatic rings. The standard InChI is InChI=1S/C58H68O16/c1-3-51(59)67-39-19-15-11-7-5-9-13-17-37-65-47-29-21-43(22-30-47)53(61)71-49-33-25-45(26-34-49)55(63)73-57-58(70-42-41-69-57)74-56(64)46-27-35-50(36-28-46)72-54(62)44-23-31-48(32-24-44)66-38-18-14-10-6-8-12-16-20-40-68-52(60)4-2/h3-4,21-36,57-58H,1-2,5-20,37-42H2/t57-,58-/m0/s1. The molecule has 1 fully saturated rings. The van der Waals surface area contributed by atoms with Gasteiger partial charge in [0.25, 0.3) is 12.6 Å². The first-order valence-corrected chi connectivity index (χ1v) is 25.5. The minimum absolute atomic E-state index is 0.0783. The topological polar surface area (TPSA) is 195 Å². The van der Waals surface area contributed by atoms with E-state index in [1.54, 1.807) is 48.5 Å². The fraction of sp³-hybridized carbons (Fsp3) is 0.414. The van der Waals surface area contributed by atoms with Crippen molar-refractivity contribution in [3.05, 3.63) is 145 Å². The third-order valence-corrected chi connectivity index (χ3v) is 11.5. The van der Waals surface area contributed by atoms with Gasteiger partial charge in [-0.1, -0.05) is 90.2 Å². The summed E-state index contributed by atoms with van der Waals surface area (Å²) in [6, 6.07) is 24.8. The van der Waals surface area contributed by atoms with Gasteiger partial charge < -0.3 is 47.4 Å². The van der Waals surface area contributed by atoms with Crippen LogP contribution in [0.15, 0.2) is 122 Å². The van der Waals surface area contributed by atoms with E-state index in [1.165, 1.54) is 60.7 Å². The predicted molar refractivity (Wildman–Crippen MR) is 273 cm³/mol. The van der Waals surface area contributed by atoms with Crippen molar-refractivity contribution >= 4 is 35.8 Å². The molecular weight excluding hydrogens is 953 g/mol. The van der Waals surface area contributed by atoms with E-state index in [0.29, 0.717) is 49.1 Å². The molecule has 0 bridgehead atoms. The molecule has 16 nitrogen and oxygen atoms in total. The summed E-state index contributed by atoms with van der Waals surface area (Å²) in [7, 11) is 0. The van der Waals surface area contributed by atoms with Crippen molar-refractivity contribution in [2.24, 2.45) is 0 Å². The number of rotatable bonds is 34. The molecule has 1 aliphatic heterocycles. The minimum Gasteiger partial charge on any atom is -0.494 e. The highest BCUT2D eigenvalue weighted by Gasteiger charge is 2.34. The third kappa shape index (κ3) is 21.8. The van der Waals surface area contributed by atoms with Gasteiger partial charge in [0.2, 0.25) is 0 Å². The Hall–Kier alpha value is -7.30. The zero-order chi connectivity index (χ0) is 52.6.